The van der Waals surface area contributed by atoms with Crippen LogP contribution in [0.15, 0.2) is 40.1 Å². The van der Waals surface area contributed by atoms with Crippen molar-refractivity contribution in [1.29, 1.82) is 0 Å². The molecule has 208 valence electrons. The summed E-state index contributed by atoms with van der Waals surface area (Å²) >= 11 is -1.95. The SMILES string of the molecule is CCOC(=O)CN(CCN(c1nnc(-c2ccc([N+](=O)[O-])cc2)s1)S(=O)[O-])C(=O)Cn1cc(C)c(=O)[nH]c1=O. The molecule has 1 atom stereocenters. The largest absolute Gasteiger partial charge is 0.755 e. The number of nitro benzene ring substituents is 1. The first kappa shape index (κ1) is 29.3. The van der Waals surface area contributed by atoms with Crippen LogP contribution in [0.25, 0.3) is 10.6 Å². The molecule has 1 unspecified atom stereocenters. The Balaban J connectivity index is 1.79. The van der Waals surface area contributed by atoms with Gasteiger partial charge in [0.05, 0.1) is 18.1 Å². The van der Waals surface area contributed by atoms with E-state index in [2.05, 4.69) is 15.2 Å². The van der Waals surface area contributed by atoms with Gasteiger partial charge in [-0.1, -0.05) is 11.3 Å². The summed E-state index contributed by atoms with van der Waals surface area (Å²) in [6.45, 7) is 1.42. The monoisotopic (exact) mass is 580 g/mol. The molecule has 2 heterocycles. The maximum Gasteiger partial charge on any atom is 0.328 e. The molecule has 2 aromatic heterocycles. The number of carbonyl (C=O) groups is 2. The van der Waals surface area contributed by atoms with Crippen molar-refractivity contribution in [3.8, 4) is 10.6 Å². The highest BCUT2D eigenvalue weighted by molar-refractivity contribution is 7.80. The molecule has 0 bridgehead atoms. The number of amides is 1. The minimum absolute atomic E-state index is 0.0480. The van der Waals surface area contributed by atoms with Crippen LogP contribution in [0, 0.1) is 17.0 Å². The van der Waals surface area contributed by atoms with E-state index < -0.39 is 52.4 Å². The maximum absolute atomic E-state index is 13.0. The van der Waals surface area contributed by atoms with Crippen LogP contribution in [0.3, 0.4) is 0 Å². The highest BCUT2D eigenvalue weighted by Crippen LogP contribution is 2.30. The first-order valence-electron chi connectivity index (χ1n) is 11.2. The van der Waals surface area contributed by atoms with Gasteiger partial charge in [-0.15, -0.1) is 10.2 Å². The quantitative estimate of drug-likeness (QED) is 0.130. The maximum atomic E-state index is 13.0. The first-order valence-corrected chi connectivity index (χ1v) is 13.0. The molecule has 1 N–H and O–H groups in total. The lowest BCUT2D eigenvalue weighted by atomic mass is 10.2. The van der Waals surface area contributed by atoms with Crippen LogP contribution < -0.4 is 15.6 Å². The van der Waals surface area contributed by atoms with E-state index in [-0.39, 0.29) is 36.1 Å². The Labute approximate surface area is 226 Å². The molecule has 0 aliphatic heterocycles. The highest BCUT2D eigenvalue weighted by Gasteiger charge is 2.22. The summed E-state index contributed by atoms with van der Waals surface area (Å²) in [4.78, 5) is 62.2. The number of hydrogen-bond acceptors (Lipinski definition) is 12. The van der Waals surface area contributed by atoms with Gasteiger partial charge in [0, 0.05) is 47.3 Å². The molecule has 18 heteroatoms. The van der Waals surface area contributed by atoms with Gasteiger partial charge < -0.3 is 14.2 Å². The number of anilines is 1. The number of aromatic amines is 1. The molecule has 0 spiro atoms. The number of rotatable bonds is 12. The third-order valence-electron chi connectivity index (χ3n) is 5.18. The van der Waals surface area contributed by atoms with Gasteiger partial charge in [-0.2, -0.15) is 0 Å². The van der Waals surface area contributed by atoms with E-state index in [0.717, 1.165) is 25.1 Å². The fraction of sp³-hybridized carbons (Fsp3) is 0.333. The summed E-state index contributed by atoms with van der Waals surface area (Å²) in [5.41, 5.74) is -0.902. The summed E-state index contributed by atoms with van der Waals surface area (Å²) < 4.78 is 30.7. The van der Waals surface area contributed by atoms with Crippen LogP contribution in [-0.4, -0.2) is 76.5 Å². The molecule has 1 aromatic carbocycles. The van der Waals surface area contributed by atoms with Crippen LogP contribution in [0.2, 0.25) is 0 Å². The molecule has 0 aliphatic rings. The number of non-ortho nitro benzene ring substituents is 1. The average Bonchev–Trinajstić information content (AvgIpc) is 3.36. The van der Waals surface area contributed by atoms with Crippen molar-refractivity contribution in [2.24, 2.45) is 0 Å². The Morgan fingerprint density at radius 2 is 1.90 bits per heavy atom. The molecule has 3 rings (SSSR count). The van der Waals surface area contributed by atoms with Crippen molar-refractivity contribution < 1.29 is 28.0 Å². The molecule has 3 aromatic rings. The van der Waals surface area contributed by atoms with Crippen LogP contribution in [-0.2, 0) is 32.1 Å². The van der Waals surface area contributed by atoms with Gasteiger partial charge in [0.25, 0.3) is 11.2 Å². The Morgan fingerprint density at radius 1 is 1.21 bits per heavy atom. The van der Waals surface area contributed by atoms with E-state index in [1.807, 2.05) is 0 Å². The van der Waals surface area contributed by atoms with Crippen molar-refractivity contribution in [3.05, 3.63) is 67.0 Å². The van der Waals surface area contributed by atoms with Crippen LogP contribution in [0.1, 0.15) is 12.5 Å². The predicted molar refractivity (Wildman–Crippen MR) is 138 cm³/mol. The average molecular weight is 581 g/mol. The lowest BCUT2D eigenvalue weighted by Gasteiger charge is -2.27. The van der Waals surface area contributed by atoms with E-state index in [1.54, 1.807) is 6.92 Å². The zero-order valence-corrected chi connectivity index (χ0v) is 22.2. The number of H-pyrrole nitrogens is 1. The highest BCUT2D eigenvalue weighted by atomic mass is 32.2. The smallest absolute Gasteiger partial charge is 0.328 e. The van der Waals surface area contributed by atoms with E-state index in [0.29, 0.717) is 10.6 Å². The number of nitrogens with one attached hydrogen (secondary N) is 1. The number of esters is 1. The van der Waals surface area contributed by atoms with E-state index in [9.17, 15) is 38.1 Å². The summed E-state index contributed by atoms with van der Waals surface area (Å²) in [5.74, 6) is -1.46. The molecular weight excluding hydrogens is 558 g/mol. The van der Waals surface area contributed by atoms with Gasteiger partial charge in [-0.3, -0.25) is 42.6 Å². The minimum atomic E-state index is -2.85. The molecule has 0 saturated carbocycles. The number of carbonyl (C=O) groups excluding carboxylic acids is 2. The van der Waals surface area contributed by atoms with Gasteiger partial charge in [-0.25, -0.2) is 4.79 Å². The second-order valence-electron chi connectivity index (χ2n) is 7.83. The van der Waals surface area contributed by atoms with Gasteiger partial charge in [0.2, 0.25) is 11.0 Å². The second-order valence-corrected chi connectivity index (χ2v) is 9.66. The molecule has 16 nitrogen and oxygen atoms in total. The summed E-state index contributed by atoms with van der Waals surface area (Å²) in [6.07, 6.45) is 1.20. The van der Waals surface area contributed by atoms with Gasteiger partial charge in [-0.05, 0) is 26.0 Å². The molecule has 1 amide bonds. The molecule has 0 fully saturated rings. The van der Waals surface area contributed by atoms with Crippen molar-refractivity contribution in [2.75, 3.05) is 30.5 Å². The van der Waals surface area contributed by atoms with Crippen LogP contribution in [0.5, 0.6) is 0 Å². The van der Waals surface area contributed by atoms with Crippen LogP contribution in [0.4, 0.5) is 10.8 Å². The third-order valence-corrected chi connectivity index (χ3v) is 7.00. The molecule has 0 aliphatic carbocycles. The van der Waals surface area contributed by atoms with E-state index in [4.69, 9.17) is 4.74 Å². The minimum Gasteiger partial charge on any atom is -0.755 e. The molecule has 39 heavy (non-hydrogen) atoms. The van der Waals surface area contributed by atoms with Gasteiger partial charge >= 0.3 is 11.7 Å². The predicted octanol–water partition coefficient (Wildman–Crippen LogP) is -0.0359. The Kier molecular flexibility index (Phi) is 9.74. The number of aromatic nitrogens is 4. The lowest BCUT2D eigenvalue weighted by Crippen LogP contribution is -2.45. The van der Waals surface area contributed by atoms with Gasteiger partial charge in [0.1, 0.15) is 18.1 Å². The fourth-order valence-corrected chi connectivity index (χ4v) is 4.71. The first-order chi connectivity index (χ1) is 18.5. The lowest BCUT2D eigenvalue weighted by molar-refractivity contribution is -0.384. The number of nitrogens with zero attached hydrogens (tertiary/aromatic N) is 6. The number of nitro groups is 1. The molecular formula is C21H22N7O9S2-. The normalized spacial score (nSPS) is 11.6. The summed E-state index contributed by atoms with van der Waals surface area (Å²) in [7, 11) is 0. The zero-order chi connectivity index (χ0) is 28.7. The van der Waals surface area contributed by atoms with E-state index in [1.165, 1.54) is 37.4 Å². The second kappa shape index (κ2) is 13.0. The fourth-order valence-electron chi connectivity index (χ4n) is 3.24. The zero-order valence-electron chi connectivity index (χ0n) is 20.6. The number of ether oxygens (including phenoxy) is 1. The Bertz CT molecular complexity index is 1500. The topological polar surface area (TPSA) is 214 Å². The third kappa shape index (κ3) is 7.62. The molecule has 0 saturated heterocycles. The van der Waals surface area contributed by atoms with E-state index >= 15 is 0 Å². The van der Waals surface area contributed by atoms with Crippen molar-refractivity contribution in [1.82, 2.24) is 24.6 Å². The number of hydrogen-bond donors (Lipinski definition) is 1. The summed E-state index contributed by atoms with van der Waals surface area (Å²) in [5, 5.41) is 18.9. The Hall–Kier alpha value is -4.29. The summed E-state index contributed by atoms with van der Waals surface area (Å²) in [6, 6.07) is 5.43. The number of benzene rings is 1. The Morgan fingerprint density at radius 3 is 2.51 bits per heavy atom. The van der Waals surface area contributed by atoms with Crippen molar-refractivity contribution in [3.63, 3.8) is 0 Å². The van der Waals surface area contributed by atoms with Gasteiger partial charge in [0.15, 0.2) is 0 Å². The van der Waals surface area contributed by atoms with Crippen molar-refractivity contribution in [2.45, 2.75) is 20.4 Å². The van der Waals surface area contributed by atoms with Crippen LogP contribution >= 0.6 is 11.3 Å². The van der Waals surface area contributed by atoms with Crippen molar-refractivity contribution >= 4 is 45.3 Å². The number of aryl methyl sites for hydroxylation is 1. The molecule has 0 radical (unpaired) electrons. The standard InChI is InChI=1S/C21H23N7O9S2/c1-3-37-17(30)12-25(16(29)11-26-10-13(2)18(31)22-20(26)32)8-9-27(39(35)36)21-24-23-19(38-21)14-4-6-15(7-5-14)28(33)34/h4-7,10H,3,8-9,11-12H2,1-2H3,(H,35,36)(H,22,31,32)/p-1.